The number of fused-ring (bicyclic) bond motifs is 2. The summed E-state index contributed by atoms with van der Waals surface area (Å²) in [6.45, 7) is 6.86. The van der Waals surface area contributed by atoms with Crippen LogP contribution in [0.15, 0.2) is 54.6 Å². The van der Waals surface area contributed by atoms with Gasteiger partial charge in [0.25, 0.3) is 0 Å². The van der Waals surface area contributed by atoms with Gasteiger partial charge in [-0.2, -0.15) is 0 Å². The number of ether oxygens (including phenoxy) is 1. The summed E-state index contributed by atoms with van der Waals surface area (Å²) in [6, 6.07) is 7.91. The fourth-order valence-electron chi connectivity index (χ4n) is 6.70. The van der Waals surface area contributed by atoms with E-state index in [2.05, 4.69) is 6.92 Å². The van der Waals surface area contributed by atoms with E-state index in [0.717, 1.165) is 18.5 Å². The second-order valence-corrected chi connectivity index (χ2v) is 10.6. The van der Waals surface area contributed by atoms with E-state index in [-0.39, 0.29) is 24.3 Å². The van der Waals surface area contributed by atoms with E-state index < -0.39 is 35.1 Å². The first-order valence-corrected chi connectivity index (χ1v) is 13.5. The van der Waals surface area contributed by atoms with Crippen LogP contribution in [0.25, 0.3) is 0 Å². The maximum absolute atomic E-state index is 14.3. The zero-order valence-electron chi connectivity index (χ0n) is 21.9. The third-order valence-electron chi connectivity index (χ3n) is 8.55. The fourth-order valence-corrected chi connectivity index (χ4v) is 6.70. The minimum atomic E-state index is -1.29. The smallest absolute Gasteiger partial charge is 0.249 e. The summed E-state index contributed by atoms with van der Waals surface area (Å²) in [5.41, 5.74) is -1.55. The lowest BCUT2D eigenvalue weighted by atomic mass is 9.73. The highest BCUT2D eigenvalue weighted by Crippen LogP contribution is 2.59. The number of aliphatic hydroxyl groups is 1. The van der Waals surface area contributed by atoms with E-state index in [4.69, 9.17) is 4.74 Å². The molecule has 0 bridgehead atoms. The number of carbonyl (C=O) groups excluding carboxylic acids is 3. The second kappa shape index (κ2) is 9.72. The fraction of sp³-hybridized carbons (Fsp3) is 0.552. The van der Waals surface area contributed by atoms with Gasteiger partial charge in [-0.25, -0.2) is 0 Å². The monoisotopic (exact) mass is 507 g/mol. The van der Waals surface area contributed by atoms with Gasteiger partial charge in [0.05, 0.1) is 30.1 Å². The first-order valence-electron chi connectivity index (χ1n) is 13.5. The highest BCUT2D eigenvalue weighted by Gasteiger charge is 2.75. The van der Waals surface area contributed by atoms with Crippen molar-refractivity contribution in [3.63, 3.8) is 0 Å². The van der Waals surface area contributed by atoms with Crippen molar-refractivity contribution in [2.75, 3.05) is 31.1 Å². The molecule has 37 heavy (non-hydrogen) atoms. The Balaban J connectivity index is 1.65. The number of carbonyl (C=O) groups is 3. The molecule has 3 amide bonds. The van der Waals surface area contributed by atoms with Crippen LogP contribution in [0.1, 0.15) is 40.0 Å². The number of hydrogen-bond donors (Lipinski definition) is 1. The number of anilines is 1. The quantitative estimate of drug-likeness (QED) is 0.573. The Hall–Kier alpha value is -2.97. The highest BCUT2D eigenvalue weighted by atomic mass is 16.5. The van der Waals surface area contributed by atoms with E-state index >= 15 is 0 Å². The van der Waals surface area contributed by atoms with Crippen LogP contribution in [0.3, 0.4) is 0 Å². The molecule has 0 aromatic heterocycles. The second-order valence-electron chi connectivity index (χ2n) is 10.6. The van der Waals surface area contributed by atoms with E-state index in [9.17, 15) is 19.5 Å². The Bertz CT molecular complexity index is 1120. The third kappa shape index (κ3) is 3.76. The molecule has 4 heterocycles. The Morgan fingerprint density at radius 2 is 1.73 bits per heavy atom. The van der Waals surface area contributed by atoms with Gasteiger partial charge < -0.3 is 24.5 Å². The Kier molecular flexibility index (Phi) is 6.75. The van der Waals surface area contributed by atoms with Gasteiger partial charge >= 0.3 is 0 Å². The molecule has 6 atom stereocenters. The van der Waals surface area contributed by atoms with Crippen molar-refractivity contribution in [2.45, 2.75) is 63.3 Å². The molecule has 1 aromatic rings. The standard InChI is InChI=1S/C29H37N3O5/c1-4-6-16-30-17-11-15-29-23(26(35)32(20(3)19-33)24(29)27(30)36)22-25(34)31(21-12-8-7-9-13-21)18-10-14-28(22,5-2)37-29/h7-15,20,22-24,33H,4-6,16-19H2,1-3H3/t20-,22-,23+,24?,28+,29+/m1/s1. The lowest BCUT2D eigenvalue weighted by molar-refractivity contribution is -0.155. The third-order valence-corrected chi connectivity index (χ3v) is 8.55. The number of rotatable bonds is 7. The Labute approximate surface area is 218 Å². The predicted molar refractivity (Wildman–Crippen MR) is 140 cm³/mol. The SMILES string of the molecule is CCCCN1CC=C[C@]23O[C@@]4(CC)C=CCN(c5ccccc5)C(=O)[C@H]4[C@H]2C(=O)N([C@H](C)CO)C3C1=O. The van der Waals surface area contributed by atoms with Gasteiger partial charge in [-0.1, -0.05) is 62.8 Å². The Morgan fingerprint density at radius 3 is 2.41 bits per heavy atom. The molecule has 2 saturated heterocycles. The molecule has 4 aliphatic rings. The van der Waals surface area contributed by atoms with Crippen LogP contribution in [0, 0.1) is 11.8 Å². The molecule has 1 N–H and O–H groups in total. The summed E-state index contributed by atoms with van der Waals surface area (Å²) in [5.74, 6) is -2.35. The van der Waals surface area contributed by atoms with Crippen molar-refractivity contribution < 1.29 is 24.2 Å². The van der Waals surface area contributed by atoms with E-state index in [1.165, 1.54) is 4.90 Å². The number of nitrogens with zero attached hydrogens (tertiary/aromatic N) is 3. The average Bonchev–Trinajstić information content (AvgIpc) is 3.21. The van der Waals surface area contributed by atoms with Gasteiger partial charge in [0.2, 0.25) is 17.7 Å². The molecule has 0 aliphatic carbocycles. The summed E-state index contributed by atoms with van der Waals surface area (Å²) in [4.78, 5) is 47.7. The molecule has 5 rings (SSSR count). The average molecular weight is 508 g/mol. The summed E-state index contributed by atoms with van der Waals surface area (Å²) >= 11 is 0. The number of para-hydroxylation sites is 1. The zero-order valence-corrected chi connectivity index (χ0v) is 21.9. The van der Waals surface area contributed by atoms with Gasteiger partial charge in [0.1, 0.15) is 11.6 Å². The molecule has 4 aliphatic heterocycles. The summed E-state index contributed by atoms with van der Waals surface area (Å²) in [7, 11) is 0. The first kappa shape index (κ1) is 25.7. The van der Waals surface area contributed by atoms with Crippen LogP contribution in [-0.4, -0.2) is 82.2 Å². The van der Waals surface area contributed by atoms with Gasteiger partial charge in [-0.3, -0.25) is 14.4 Å². The topological polar surface area (TPSA) is 90.4 Å². The lowest BCUT2D eigenvalue weighted by Crippen LogP contribution is -2.58. The van der Waals surface area contributed by atoms with Crippen LogP contribution in [0.5, 0.6) is 0 Å². The van der Waals surface area contributed by atoms with E-state index in [1.807, 2.05) is 61.6 Å². The van der Waals surface area contributed by atoms with Crippen LogP contribution >= 0.6 is 0 Å². The largest absolute Gasteiger partial charge is 0.394 e. The van der Waals surface area contributed by atoms with Crippen molar-refractivity contribution in [2.24, 2.45) is 11.8 Å². The molecular formula is C29H37N3O5. The van der Waals surface area contributed by atoms with Gasteiger partial charge in [0, 0.05) is 25.3 Å². The molecule has 1 unspecified atom stereocenters. The van der Waals surface area contributed by atoms with E-state index in [1.54, 1.807) is 16.7 Å². The number of hydrogen-bond acceptors (Lipinski definition) is 5. The number of unbranched alkanes of at least 4 members (excludes halogenated alkanes) is 1. The van der Waals surface area contributed by atoms with Crippen molar-refractivity contribution >= 4 is 23.4 Å². The summed E-state index contributed by atoms with van der Waals surface area (Å²) in [5, 5.41) is 10.1. The number of amides is 3. The van der Waals surface area contributed by atoms with Crippen molar-refractivity contribution in [3.8, 4) is 0 Å². The number of likely N-dealkylation sites (tertiary alicyclic amines) is 1. The lowest BCUT2D eigenvalue weighted by Gasteiger charge is -2.40. The molecule has 1 spiro atoms. The minimum Gasteiger partial charge on any atom is -0.394 e. The maximum atomic E-state index is 14.3. The van der Waals surface area contributed by atoms with E-state index in [0.29, 0.717) is 26.1 Å². The first-order chi connectivity index (χ1) is 17.8. The minimum absolute atomic E-state index is 0.182. The molecule has 8 nitrogen and oxygen atoms in total. The summed E-state index contributed by atoms with van der Waals surface area (Å²) < 4.78 is 6.94. The van der Waals surface area contributed by atoms with Gasteiger partial charge in [-0.15, -0.1) is 0 Å². The molecule has 8 heteroatoms. The van der Waals surface area contributed by atoms with Crippen LogP contribution in [0.4, 0.5) is 5.69 Å². The molecule has 2 fully saturated rings. The van der Waals surface area contributed by atoms with Crippen molar-refractivity contribution in [1.29, 1.82) is 0 Å². The van der Waals surface area contributed by atoms with Crippen LogP contribution in [-0.2, 0) is 19.1 Å². The van der Waals surface area contributed by atoms with Crippen molar-refractivity contribution in [1.82, 2.24) is 9.80 Å². The van der Waals surface area contributed by atoms with Crippen LogP contribution in [0.2, 0.25) is 0 Å². The number of benzene rings is 1. The molecule has 198 valence electrons. The Morgan fingerprint density at radius 1 is 1.00 bits per heavy atom. The molecule has 0 saturated carbocycles. The zero-order chi connectivity index (χ0) is 26.4. The summed E-state index contributed by atoms with van der Waals surface area (Å²) in [6.07, 6.45) is 9.93. The van der Waals surface area contributed by atoms with Gasteiger partial charge in [0.15, 0.2) is 0 Å². The predicted octanol–water partition coefficient (Wildman–Crippen LogP) is 2.53. The number of aliphatic hydroxyl groups excluding tert-OH is 1. The normalized spacial score (nSPS) is 33.8. The molecule has 1 aromatic carbocycles. The molecular weight excluding hydrogens is 470 g/mol. The van der Waals surface area contributed by atoms with Crippen LogP contribution < -0.4 is 4.90 Å². The van der Waals surface area contributed by atoms with Gasteiger partial charge in [-0.05, 0) is 31.9 Å². The highest BCUT2D eigenvalue weighted by molar-refractivity contribution is 6.04. The van der Waals surface area contributed by atoms with Crippen molar-refractivity contribution in [3.05, 3.63) is 54.6 Å². The maximum Gasteiger partial charge on any atom is 0.249 e. The molecule has 0 radical (unpaired) electrons.